The van der Waals surface area contributed by atoms with E-state index in [1.165, 1.54) is 12.1 Å². The molecule has 0 radical (unpaired) electrons. The van der Waals surface area contributed by atoms with Crippen molar-refractivity contribution >= 4 is 5.91 Å². The number of nitrogens with one attached hydrogen (secondary N) is 1. The van der Waals surface area contributed by atoms with Crippen LogP contribution in [-0.4, -0.2) is 12.5 Å². The highest BCUT2D eigenvalue weighted by molar-refractivity contribution is 5.75. The lowest BCUT2D eigenvalue weighted by Crippen LogP contribution is -2.28. The zero-order valence-electron chi connectivity index (χ0n) is 8.04. The Morgan fingerprint density at radius 1 is 1.47 bits per heavy atom. The minimum Gasteiger partial charge on any atom is -0.369 e. The van der Waals surface area contributed by atoms with Crippen LogP contribution in [0.3, 0.4) is 0 Å². The summed E-state index contributed by atoms with van der Waals surface area (Å²) in [6, 6.07) is 6.03. The van der Waals surface area contributed by atoms with Crippen molar-refractivity contribution in [2.75, 3.05) is 6.54 Å². The number of carbonyl (C=O) groups is 1. The Labute approximate surface area is 86.3 Å². The van der Waals surface area contributed by atoms with Crippen molar-refractivity contribution in [2.24, 2.45) is 5.73 Å². The van der Waals surface area contributed by atoms with Crippen molar-refractivity contribution in [2.45, 2.75) is 13.0 Å². The fourth-order valence-electron chi connectivity index (χ4n) is 1.17. The number of amides is 1. The second-order valence-electron chi connectivity index (χ2n) is 3.12. The molecular weight excluding hydrogens is 202 g/mol. The number of hydrogen-bond acceptors (Lipinski definition) is 2. The van der Waals surface area contributed by atoms with E-state index in [1.807, 2.05) is 0 Å². The molecule has 0 spiro atoms. The van der Waals surface area contributed by atoms with E-state index >= 15 is 0 Å². The first-order chi connectivity index (χ1) is 7.09. The van der Waals surface area contributed by atoms with Gasteiger partial charge in [-0.1, -0.05) is 18.2 Å². The maximum absolute atomic E-state index is 12.3. The molecule has 1 amide bonds. The Balaban J connectivity index is 2.54. The number of nitrogens with two attached hydrogens (primary N) is 1. The smallest absolute Gasteiger partial charge is 0.263 e. The van der Waals surface area contributed by atoms with Crippen LogP contribution in [0, 0.1) is 0 Å². The minimum atomic E-state index is -2.47. The number of hydrogen-bond donors (Lipinski definition) is 2. The summed E-state index contributed by atoms with van der Waals surface area (Å²) < 4.78 is 24.6. The molecule has 1 rings (SSSR count). The van der Waals surface area contributed by atoms with Crippen LogP contribution in [-0.2, 0) is 11.3 Å². The lowest BCUT2D eigenvalue weighted by atomic mass is 10.1. The average Bonchev–Trinajstić information content (AvgIpc) is 2.17. The SMILES string of the molecule is NC(=O)CNCc1cccc(C(F)F)c1. The Bertz CT molecular complexity index is 342. The molecule has 3 N–H and O–H groups in total. The summed E-state index contributed by atoms with van der Waals surface area (Å²) >= 11 is 0. The molecule has 1 aromatic rings. The van der Waals surface area contributed by atoms with Gasteiger partial charge in [-0.25, -0.2) is 8.78 Å². The molecule has 5 heteroatoms. The van der Waals surface area contributed by atoms with E-state index in [4.69, 9.17) is 5.73 Å². The lowest BCUT2D eigenvalue weighted by Gasteiger charge is -2.05. The molecule has 0 bridgehead atoms. The van der Waals surface area contributed by atoms with Gasteiger partial charge in [-0.15, -0.1) is 0 Å². The van der Waals surface area contributed by atoms with Gasteiger partial charge in [-0.3, -0.25) is 4.79 Å². The van der Waals surface area contributed by atoms with Gasteiger partial charge in [0.2, 0.25) is 5.91 Å². The molecule has 0 aliphatic rings. The number of alkyl halides is 2. The minimum absolute atomic E-state index is 0.0200. The topological polar surface area (TPSA) is 55.1 Å². The summed E-state index contributed by atoms with van der Waals surface area (Å²) in [7, 11) is 0. The quantitative estimate of drug-likeness (QED) is 0.773. The van der Waals surface area contributed by atoms with Gasteiger partial charge in [-0.2, -0.15) is 0 Å². The summed E-state index contributed by atoms with van der Waals surface area (Å²) in [4.78, 5) is 10.4. The van der Waals surface area contributed by atoms with Crippen LogP contribution in [0.1, 0.15) is 17.6 Å². The summed E-state index contributed by atoms with van der Waals surface area (Å²) in [5, 5.41) is 2.75. The van der Waals surface area contributed by atoms with Crippen molar-refractivity contribution in [3.8, 4) is 0 Å². The normalized spacial score (nSPS) is 10.6. The predicted molar refractivity (Wildman–Crippen MR) is 52.3 cm³/mol. The van der Waals surface area contributed by atoms with Gasteiger partial charge in [0.1, 0.15) is 0 Å². The van der Waals surface area contributed by atoms with E-state index in [1.54, 1.807) is 12.1 Å². The summed E-state index contributed by atoms with van der Waals surface area (Å²) in [5.74, 6) is -0.472. The third-order valence-corrected chi connectivity index (χ3v) is 1.83. The second kappa shape index (κ2) is 5.41. The van der Waals surface area contributed by atoms with Crippen LogP contribution in [0.5, 0.6) is 0 Å². The van der Waals surface area contributed by atoms with E-state index in [-0.39, 0.29) is 12.1 Å². The van der Waals surface area contributed by atoms with Crippen molar-refractivity contribution in [3.63, 3.8) is 0 Å². The van der Waals surface area contributed by atoms with Crippen molar-refractivity contribution in [1.29, 1.82) is 0 Å². The zero-order valence-corrected chi connectivity index (χ0v) is 8.04. The van der Waals surface area contributed by atoms with E-state index in [9.17, 15) is 13.6 Å². The largest absolute Gasteiger partial charge is 0.369 e. The van der Waals surface area contributed by atoms with E-state index in [0.717, 1.165) is 0 Å². The molecule has 15 heavy (non-hydrogen) atoms. The second-order valence-corrected chi connectivity index (χ2v) is 3.12. The van der Waals surface area contributed by atoms with Crippen LogP contribution in [0.4, 0.5) is 8.78 Å². The maximum atomic E-state index is 12.3. The Hall–Kier alpha value is -1.49. The highest BCUT2D eigenvalue weighted by Gasteiger charge is 2.06. The zero-order chi connectivity index (χ0) is 11.3. The molecule has 0 aliphatic heterocycles. The molecule has 0 unspecified atom stereocenters. The molecule has 0 aliphatic carbocycles. The van der Waals surface area contributed by atoms with Gasteiger partial charge >= 0.3 is 0 Å². The van der Waals surface area contributed by atoms with E-state index in [0.29, 0.717) is 12.1 Å². The van der Waals surface area contributed by atoms with Crippen LogP contribution < -0.4 is 11.1 Å². The first-order valence-corrected chi connectivity index (χ1v) is 4.45. The van der Waals surface area contributed by atoms with E-state index < -0.39 is 12.3 Å². The standard InChI is InChI=1S/C10H12F2N2O/c11-10(12)8-3-1-2-7(4-8)5-14-6-9(13)15/h1-4,10,14H,5-6H2,(H2,13,15). The van der Waals surface area contributed by atoms with Crippen LogP contribution in [0.15, 0.2) is 24.3 Å². The van der Waals surface area contributed by atoms with Crippen LogP contribution in [0.25, 0.3) is 0 Å². The molecule has 1 aromatic carbocycles. The van der Waals surface area contributed by atoms with Gasteiger partial charge in [0.15, 0.2) is 0 Å². The highest BCUT2D eigenvalue weighted by Crippen LogP contribution is 2.19. The predicted octanol–water partition coefficient (Wildman–Crippen LogP) is 1.20. The first-order valence-electron chi connectivity index (χ1n) is 4.45. The van der Waals surface area contributed by atoms with Crippen molar-refractivity contribution in [1.82, 2.24) is 5.32 Å². The number of rotatable bonds is 5. The molecule has 0 fully saturated rings. The monoisotopic (exact) mass is 214 g/mol. The van der Waals surface area contributed by atoms with Gasteiger partial charge in [0, 0.05) is 12.1 Å². The third kappa shape index (κ3) is 4.03. The molecule has 0 aromatic heterocycles. The molecule has 0 saturated carbocycles. The van der Waals surface area contributed by atoms with Gasteiger partial charge in [0.05, 0.1) is 6.54 Å². The van der Waals surface area contributed by atoms with Gasteiger partial charge in [-0.05, 0) is 11.6 Å². The first kappa shape index (κ1) is 11.6. The number of primary amides is 1. The number of carbonyl (C=O) groups excluding carboxylic acids is 1. The maximum Gasteiger partial charge on any atom is 0.263 e. The highest BCUT2D eigenvalue weighted by atomic mass is 19.3. The van der Waals surface area contributed by atoms with Crippen molar-refractivity contribution in [3.05, 3.63) is 35.4 Å². The summed E-state index contributed by atoms with van der Waals surface area (Å²) in [5.41, 5.74) is 5.60. The van der Waals surface area contributed by atoms with Gasteiger partial charge in [0.25, 0.3) is 6.43 Å². The number of halogens is 2. The lowest BCUT2D eigenvalue weighted by molar-refractivity contribution is -0.117. The fourth-order valence-corrected chi connectivity index (χ4v) is 1.17. The molecule has 0 saturated heterocycles. The van der Waals surface area contributed by atoms with Gasteiger partial charge < -0.3 is 11.1 Å². The van der Waals surface area contributed by atoms with Crippen LogP contribution in [0.2, 0.25) is 0 Å². The Morgan fingerprint density at radius 3 is 2.80 bits per heavy atom. The van der Waals surface area contributed by atoms with Crippen LogP contribution >= 0.6 is 0 Å². The molecular formula is C10H12F2N2O. The molecule has 0 heterocycles. The molecule has 82 valence electrons. The average molecular weight is 214 g/mol. The Morgan fingerprint density at radius 2 is 2.20 bits per heavy atom. The molecule has 0 atom stereocenters. The summed E-state index contributed by atoms with van der Waals surface area (Å²) in [6.45, 7) is 0.391. The fraction of sp³-hybridized carbons (Fsp3) is 0.300. The van der Waals surface area contributed by atoms with Crippen molar-refractivity contribution < 1.29 is 13.6 Å². The third-order valence-electron chi connectivity index (χ3n) is 1.83. The van der Waals surface area contributed by atoms with E-state index in [2.05, 4.69) is 5.32 Å². The molecule has 3 nitrogen and oxygen atoms in total. The summed E-state index contributed by atoms with van der Waals surface area (Å²) in [6.07, 6.45) is -2.47. The Kier molecular flexibility index (Phi) is 4.17. The number of benzene rings is 1.